The molecule has 2 aromatic heterocycles. The van der Waals surface area contributed by atoms with Gasteiger partial charge in [-0.15, -0.1) is 0 Å². The van der Waals surface area contributed by atoms with Gasteiger partial charge in [0.25, 0.3) is 11.5 Å². The van der Waals surface area contributed by atoms with Crippen molar-refractivity contribution in [3.8, 4) is 11.5 Å². The van der Waals surface area contributed by atoms with Crippen molar-refractivity contribution in [2.24, 2.45) is 0 Å². The van der Waals surface area contributed by atoms with Crippen LogP contribution < -0.4 is 15.0 Å². The summed E-state index contributed by atoms with van der Waals surface area (Å²) in [5.74, 6) is 0.793. The van der Waals surface area contributed by atoms with Gasteiger partial charge in [0.05, 0.1) is 7.11 Å². The van der Waals surface area contributed by atoms with Gasteiger partial charge in [-0.2, -0.15) is 0 Å². The first kappa shape index (κ1) is 21.1. The third-order valence-electron chi connectivity index (χ3n) is 5.08. The molecule has 2 heterocycles. The smallest absolute Gasteiger partial charge is 0.270 e. The predicted molar refractivity (Wildman–Crippen MR) is 121 cm³/mol. The van der Waals surface area contributed by atoms with Gasteiger partial charge >= 0.3 is 0 Å². The molecule has 0 fully saturated rings. The van der Waals surface area contributed by atoms with E-state index in [1.165, 1.54) is 15.5 Å². The van der Waals surface area contributed by atoms with Gasteiger partial charge < -0.3 is 14.4 Å². The number of rotatable bonds is 7. The first-order valence-corrected chi connectivity index (χ1v) is 10.1. The molecule has 0 N–H and O–H groups in total. The maximum Gasteiger partial charge on any atom is 0.270 e. The highest BCUT2D eigenvalue weighted by Gasteiger charge is 2.18. The van der Waals surface area contributed by atoms with Gasteiger partial charge in [-0.3, -0.25) is 14.0 Å². The first-order chi connectivity index (χ1) is 15.6. The van der Waals surface area contributed by atoms with Crippen molar-refractivity contribution < 1.29 is 14.3 Å². The lowest BCUT2D eigenvalue weighted by Crippen LogP contribution is -2.33. The molecule has 0 atom stereocenters. The van der Waals surface area contributed by atoms with Crippen LogP contribution in [0.25, 0.3) is 5.65 Å². The molecule has 7 heteroatoms. The fourth-order valence-corrected chi connectivity index (χ4v) is 3.39. The Balaban J connectivity index is 1.49. The van der Waals surface area contributed by atoms with Crippen molar-refractivity contribution >= 4 is 11.6 Å². The van der Waals surface area contributed by atoms with E-state index in [-0.39, 0.29) is 5.56 Å². The molecule has 0 saturated carbocycles. The predicted octanol–water partition coefficient (Wildman–Crippen LogP) is 3.55. The summed E-state index contributed by atoms with van der Waals surface area (Å²) in [6.07, 6.45) is 2.93. The van der Waals surface area contributed by atoms with Crippen LogP contribution in [0.1, 0.15) is 21.5 Å². The van der Waals surface area contributed by atoms with Crippen molar-refractivity contribution in [2.75, 3.05) is 14.2 Å². The number of ether oxygens (including phenoxy) is 2. The lowest BCUT2D eigenvalue weighted by molar-refractivity contribution is 0.0782. The van der Waals surface area contributed by atoms with Crippen LogP contribution in [0.5, 0.6) is 11.5 Å². The van der Waals surface area contributed by atoms with Crippen LogP contribution in [-0.2, 0) is 13.2 Å². The number of hydrogen-bond donors (Lipinski definition) is 0. The highest BCUT2D eigenvalue weighted by atomic mass is 16.5. The molecule has 0 aliphatic rings. The average Bonchev–Trinajstić information content (AvgIpc) is 2.83. The van der Waals surface area contributed by atoms with Crippen LogP contribution in [0.3, 0.4) is 0 Å². The van der Waals surface area contributed by atoms with Crippen LogP contribution in [0.2, 0.25) is 0 Å². The molecular formula is C25H23N3O4. The summed E-state index contributed by atoms with van der Waals surface area (Å²) in [6, 6.07) is 20.6. The van der Waals surface area contributed by atoms with E-state index in [4.69, 9.17) is 9.47 Å². The van der Waals surface area contributed by atoms with E-state index in [1.807, 2.05) is 48.5 Å². The quantitative estimate of drug-likeness (QED) is 0.449. The second-order valence-electron chi connectivity index (χ2n) is 7.33. The molecule has 7 nitrogen and oxygen atoms in total. The summed E-state index contributed by atoms with van der Waals surface area (Å²) < 4.78 is 12.7. The minimum absolute atomic E-state index is 0.0194. The highest BCUT2D eigenvalue weighted by Crippen LogP contribution is 2.29. The molecule has 4 aromatic rings. The van der Waals surface area contributed by atoms with Crippen molar-refractivity contribution in [3.63, 3.8) is 0 Å². The number of amides is 1. The number of methoxy groups -OCH3 is 1. The van der Waals surface area contributed by atoms with E-state index < -0.39 is 11.5 Å². The standard InChI is InChI=1S/C25H23N3O4/c1-27(24(29)20-15-26-23-10-6-7-13-28(23)25(20)30)16-19-11-12-21(22(14-19)31-2)32-17-18-8-4-3-5-9-18/h3-15H,16-17H2,1-2H3. The summed E-state index contributed by atoms with van der Waals surface area (Å²) in [5.41, 5.74) is 2.02. The number of carbonyl (C=O) groups excluding carboxylic acids is 1. The van der Waals surface area contributed by atoms with Gasteiger partial charge in [0.1, 0.15) is 17.8 Å². The molecule has 0 unspecified atom stereocenters. The average molecular weight is 429 g/mol. The van der Waals surface area contributed by atoms with Crippen molar-refractivity contribution in [1.82, 2.24) is 14.3 Å². The number of pyridine rings is 1. The number of aromatic nitrogens is 2. The zero-order valence-corrected chi connectivity index (χ0v) is 17.9. The maximum absolute atomic E-state index is 12.9. The lowest BCUT2D eigenvalue weighted by Gasteiger charge is -2.18. The minimum atomic E-state index is -0.399. The number of benzene rings is 2. The molecule has 2 aromatic carbocycles. The molecule has 0 bridgehead atoms. The molecule has 162 valence electrons. The highest BCUT2D eigenvalue weighted by molar-refractivity contribution is 5.93. The lowest BCUT2D eigenvalue weighted by atomic mass is 10.1. The van der Waals surface area contributed by atoms with E-state index >= 15 is 0 Å². The summed E-state index contributed by atoms with van der Waals surface area (Å²) in [5, 5.41) is 0. The molecule has 32 heavy (non-hydrogen) atoms. The first-order valence-electron chi connectivity index (χ1n) is 10.1. The minimum Gasteiger partial charge on any atom is -0.493 e. The Morgan fingerprint density at radius 3 is 2.56 bits per heavy atom. The number of fused-ring (bicyclic) bond motifs is 1. The monoisotopic (exact) mass is 429 g/mol. The Hall–Kier alpha value is -4.13. The molecule has 0 spiro atoms. The maximum atomic E-state index is 12.9. The zero-order valence-electron chi connectivity index (χ0n) is 17.9. The van der Waals surface area contributed by atoms with Gasteiger partial charge in [0.15, 0.2) is 11.5 Å². The Morgan fingerprint density at radius 2 is 1.78 bits per heavy atom. The summed E-state index contributed by atoms with van der Waals surface area (Å²) >= 11 is 0. The van der Waals surface area contributed by atoms with E-state index in [2.05, 4.69) is 4.98 Å². The van der Waals surface area contributed by atoms with E-state index in [1.54, 1.807) is 38.6 Å². The zero-order chi connectivity index (χ0) is 22.5. The van der Waals surface area contributed by atoms with Gasteiger partial charge in [-0.05, 0) is 35.4 Å². The van der Waals surface area contributed by atoms with Crippen molar-refractivity contribution in [1.29, 1.82) is 0 Å². The van der Waals surface area contributed by atoms with Crippen molar-refractivity contribution in [3.05, 3.63) is 106 Å². The third-order valence-corrected chi connectivity index (χ3v) is 5.08. The summed E-state index contributed by atoms with van der Waals surface area (Å²) in [4.78, 5) is 31.3. The topological polar surface area (TPSA) is 73.1 Å². The second-order valence-corrected chi connectivity index (χ2v) is 7.33. The second kappa shape index (κ2) is 9.34. The van der Waals surface area contributed by atoms with Crippen LogP contribution in [-0.4, -0.2) is 34.3 Å². The molecule has 0 radical (unpaired) electrons. The van der Waals surface area contributed by atoms with E-state index in [0.29, 0.717) is 30.3 Å². The van der Waals surface area contributed by atoms with Gasteiger partial charge in [-0.1, -0.05) is 42.5 Å². The Morgan fingerprint density at radius 1 is 1.00 bits per heavy atom. The molecule has 0 aliphatic heterocycles. The van der Waals surface area contributed by atoms with Crippen LogP contribution in [0.4, 0.5) is 0 Å². The normalized spacial score (nSPS) is 10.7. The molecule has 4 rings (SSSR count). The van der Waals surface area contributed by atoms with Gasteiger partial charge in [-0.25, -0.2) is 4.98 Å². The fourth-order valence-electron chi connectivity index (χ4n) is 3.39. The van der Waals surface area contributed by atoms with Crippen LogP contribution >= 0.6 is 0 Å². The summed E-state index contributed by atoms with van der Waals surface area (Å²) in [7, 11) is 3.22. The third kappa shape index (κ3) is 4.46. The molecule has 0 saturated heterocycles. The fraction of sp³-hybridized carbons (Fsp3) is 0.160. The van der Waals surface area contributed by atoms with E-state index in [0.717, 1.165) is 11.1 Å². The molecule has 1 amide bonds. The Labute approximate surface area is 185 Å². The molecular weight excluding hydrogens is 406 g/mol. The van der Waals surface area contributed by atoms with Crippen LogP contribution in [0, 0.1) is 0 Å². The number of carbonyl (C=O) groups is 1. The molecule has 0 aliphatic carbocycles. The Kier molecular flexibility index (Phi) is 6.17. The van der Waals surface area contributed by atoms with Crippen LogP contribution in [0.15, 0.2) is 83.9 Å². The van der Waals surface area contributed by atoms with Gasteiger partial charge in [0, 0.05) is 26.0 Å². The number of hydrogen-bond acceptors (Lipinski definition) is 5. The Bertz CT molecular complexity index is 1300. The largest absolute Gasteiger partial charge is 0.493 e. The SMILES string of the molecule is COc1cc(CN(C)C(=O)c2cnc3ccccn3c2=O)ccc1OCc1ccccc1. The van der Waals surface area contributed by atoms with E-state index in [9.17, 15) is 9.59 Å². The van der Waals surface area contributed by atoms with Gasteiger partial charge in [0.2, 0.25) is 0 Å². The van der Waals surface area contributed by atoms with Crippen molar-refractivity contribution in [2.45, 2.75) is 13.2 Å². The number of nitrogens with zero attached hydrogens (tertiary/aromatic N) is 3. The summed E-state index contributed by atoms with van der Waals surface area (Å²) in [6.45, 7) is 0.721.